The number of imidazole rings is 2. The van der Waals surface area contributed by atoms with Crippen molar-refractivity contribution in [2.45, 2.75) is 70.5 Å². The van der Waals surface area contributed by atoms with Crippen LogP contribution in [-0.4, -0.2) is 73.9 Å². The van der Waals surface area contributed by atoms with Crippen LogP contribution >= 0.6 is 54.0 Å². The van der Waals surface area contributed by atoms with E-state index in [0.717, 1.165) is 82.9 Å². The van der Waals surface area contributed by atoms with Gasteiger partial charge in [-0.05, 0) is 80.0 Å². The van der Waals surface area contributed by atoms with Gasteiger partial charge in [-0.25, -0.2) is 14.8 Å². The molecule has 3 N–H and O–H groups in total. The third-order valence-corrected chi connectivity index (χ3v) is 10.4. The smallest absolute Gasteiger partial charge is 0.407 e. The minimum atomic E-state index is -0.681. The van der Waals surface area contributed by atoms with Gasteiger partial charge in [-0.2, -0.15) is 54.0 Å². The van der Waals surface area contributed by atoms with Crippen molar-refractivity contribution in [3.05, 3.63) is 107 Å². The molecule has 2 saturated heterocycles. The molecule has 0 radical (unpaired) electrons. The number of aromatic nitrogens is 4. The normalized spacial score (nSPS) is 16.9. The fourth-order valence-corrected chi connectivity index (χ4v) is 7.44. The Labute approximate surface area is 362 Å². The number of nitrogens with one attached hydrogen (secondary N) is 3. The summed E-state index contributed by atoms with van der Waals surface area (Å²) in [5.41, 5.74) is 6.32. The van der Waals surface area contributed by atoms with E-state index in [1.807, 2.05) is 98.5 Å². The molecule has 2 fully saturated rings. The fraction of sp³-hybridized carbons (Fsp3) is 0.357. The summed E-state index contributed by atoms with van der Waals surface area (Å²) in [6, 6.07) is 22.9. The van der Waals surface area contributed by atoms with Crippen LogP contribution in [0.2, 0.25) is 0 Å². The number of ether oxygens (including phenoxy) is 1. The average molecular weight is 848 g/mol. The first kappa shape index (κ1) is 46.9. The van der Waals surface area contributed by atoms with Crippen molar-refractivity contribution >= 4 is 82.9 Å². The molecular formula is C42H53N7O4S4. The molecular weight excluding hydrogens is 795 g/mol. The van der Waals surface area contributed by atoms with Gasteiger partial charge >= 0.3 is 6.09 Å². The lowest BCUT2D eigenvalue weighted by Gasteiger charge is -2.30. The number of hydrogen-bond acceptors (Lipinski definition) is 6. The van der Waals surface area contributed by atoms with Crippen molar-refractivity contribution in [2.75, 3.05) is 20.2 Å². The molecule has 0 aliphatic carbocycles. The monoisotopic (exact) mass is 847 g/mol. The van der Waals surface area contributed by atoms with Gasteiger partial charge in [0, 0.05) is 24.2 Å². The minimum Gasteiger partial charge on any atom is -0.453 e. The molecule has 0 saturated carbocycles. The van der Waals surface area contributed by atoms with Crippen LogP contribution in [0.1, 0.15) is 92.8 Å². The zero-order valence-corrected chi connectivity index (χ0v) is 36.6. The van der Waals surface area contributed by atoms with Gasteiger partial charge in [0.25, 0.3) is 0 Å². The SMILES string of the molecule is COC(=O)N[C@H](C(=O)N1CCC[C@H]1c1ncc(-c2ccc(C#Cc3ccc4nc([C@@H]5CCCN5C(=O)[C@H](C)c5ccccc5)[nH]c4c3)cc2)[nH]1)C(C)C.S.S.S.S. The van der Waals surface area contributed by atoms with Crippen molar-refractivity contribution in [1.82, 2.24) is 35.1 Å². The number of aromatic amines is 2. The second kappa shape index (κ2) is 20.8. The van der Waals surface area contributed by atoms with Crippen LogP contribution < -0.4 is 5.32 Å². The molecule has 7 rings (SSSR count). The van der Waals surface area contributed by atoms with Crippen molar-refractivity contribution in [1.29, 1.82) is 0 Å². The summed E-state index contributed by atoms with van der Waals surface area (Å²) in [4.78, 5) is 59.2. The Bertz CT molecular complexity index is 2180. The number of likely N-dealkylation sites (tertiary alicyclic amines) is 2. The van der Waals surface area contributed by atoms with E-state index < -0.39 is 12.1 Å². The van der Waals surface area contributed by atoms with E-state index in [1.54, 1.807) is 11.1 Å². The number of rotatable bonds is 8. The van der Waals surface area contributed by atoms with Crippen molar-refractivity contribution in [3.8, 4) is 23.1 Å². The molecule has 57 heavy (non-hydrogen) atoms. The van der Waals surface area contributed by atoms with Crippen LogP contribution in [-0.2, 0) is 14.3 Å². The topological polar surface area (TPSA) is 136 Å². The molecule has 4 atom stereocenters. The Morgan fingerprint density at radius 2 is 1.40 bits per heavy atom. The van der Waals surface area contributed by atoms with Crippen LogP contribution in [0.3, 0.4) is 0 Å². The van der Waals surface area contributed by atoms with Gasteiger partial charge in [0.2, 0.25) is 11.8 Å². The van der Waals surface area contributed by atoms with Crippen molar-refractivity contribution in [3.63, 3.8) is 0 Å². The Balaban J connectivity index is 0.00000218. The maximum absolute atomic E-state index is 13.5. The van der Waals surface area contributed by atoms with Gasteiger partial charge in [0.15, 0.2) is 0 Å². The maximum atomic E-state index is 13.5. The van der Waals surface area contributed by atoms with Gasteiger partial charge in [-0.15, -0.1) is 0 Å². The second-order valence-electron chi connectivity index (χ2n) is 14.2. The van der Waals surface area contributed by atoms with Crippen LogP contribution in [0.4, 0.5) is 4.79 Å². The lowest BCUT2D eigenvalue weighted by Crippen LogP contribution is -2.51. The highest BCUT2D eigenvalue weighted by Gasteiger charge is 2.38. The van der Waals surface area contributed by atoms with Crippen LogP contribution in [0, 0.1) is 17.8 Å². The summed E-state index contributed by atoms with van der Waals surface area (Å²) in [6.45, 7) is 7.11. The predicted molar refractivity (Wildman–Crippen MR) is 244 cm³/mol. The number of carbonyl (C=O) groups excluding carboxylic acids is 3. The van der Waals surface area contributed by atoms with E-state index in [1.165, 1.54) is 7.11 Å². The van der Waals surface area contributed by atoms with Crippen LogP contribution in [0.25, 0.3) is 22.3 Å². The van der Waals surface area contributed by atoms with E-state index in [9.17, 15) is 14.4 Å². The van der Waals surface area contributed by atoms with E-state index in [2.05, 4.69) is 32.1 Å². The van der Waals surface area contributed by atoms with Gasteiger partial charge in [0.05, 0.1) is 48.0 Å². The third-order valence-electron chi connectivity index (χ3n) is 10.4. The number of amides is 3. The summed E-state index contributed by atoms with van der Waals surface area (Å²) in [6.07, 6.45) is 4.64. The number of methoxy groups -OCH3 is 1. The van der Waals surface area contributed by atoms with E-state index in [-0.39, 0.29) is 89.7 Å². The summed E-state index contributed by atoms with van der Waals surface area (Å²) >= 11 is 0. The first-order valence-electron chi connectivity index (χ1n) is 18.4. The second-order valence-corrected chi connectivity index (χ2v) is 14.2. The number of alkyl carbamates (subject to hydrolysis) is 1. The molecule has 304 valence electrons. The highest BCUT2D eigenvalue weighted by molar-refractivity contribution is 7.59. The highest BCUT2D eigenvalue weighted by Crippen LogP contribution is 2.35. The quantitative estimate of drug-likeness (QED) is 0.140. The Kier molecular flexibility index (Phi) is 17.1. The summed E-state index contributed by atoms with van der Waals surface area (Å²) < 4.78 is 4.75. The standard InChI is InChI=1S/C42H45N7O4.4H2S/c1-26(2)37(47-42(52)53-4)41(51)49-23-8-12-35(49)38-43-25-34(46-38)31-19-16-28(17-20-31)14-15-29-18-21-32-33(24-29)45-39(44-32)36-13-9-22-48(36)40(50)27(3)30-10-6-5-7-11-30;;;;/h5-7,10-11,16-21,24-27,35-37H,8-9,12-13,22-23H2,1-4H3,(H,43,46)(H,44,45)(H,47,52);4*1H2/t27-,35+,36+,37+;;;;/m1..../s1. The summed E-state index contributed by atoms with van der Waals surface area (Å²) in [5.74, 6) is 7.78. The molecule has 2 aromatic heterocycles. The Hall–Kier alpha value is -4.49. The summed E-state index contributed by atoms with van der Waals surface area (Å²) in [5, 5.41) is 2.69. The first-order chi connectivity index (χ1) is 25.7. The van der Waals surface area contributed by atoms with Gasteiger partial charge in [0.1, 0.15) is 17.7 Å². The number of H-pyrrole nitrogens is 2. The van der Waals surface area contributed by atoms with Gasteiger partial charge in [-0.1, -0.05) is 68.2 Å². The maximum Gasteiger partial charge on any atom is 0.407 e. The zero-order chi connectivity index (χ0) is 37.1. The molecule has 0 bridgehead atoms. The zero-order valence-electron chi connectivity index (χ0n) is 32.6. The van der Waals surface area contributed by atoms with Crippen LogP contribution in [0.15, 0.2) is 79.0 Å². The highest BCUT2D eigenvalue weighted by atomic mass is 32.1. The molecule has 0 unspecified atom stereocenters. The number of fused-ring (bicyclic) bond motifs is 1. The average Bonchev–Trinajstić information content (AvgIpc) is 4.01. The predicted octanol–water partition coefficient (Wildman–Crippen LogP) is 7.32. The molecule has 11 nitrogen and oxygen atoms in total. The van der Waals surface area contributed by atoms with Crippen molar-refractivity contribution in [2.24, 2.45) is 5.92 Å². The lowest BCUT2D eigenvalue weighted by atomic mass is 9.99. The summed E-state index contributed by atoms with van der Waals surface area (Å²) in [7, 11) is 1.29. The van der Waals surface area contributed by atoms with Crippen molar-refractivity contribution < 1.29 is 19.1 Å². The number of nitrogens with zero attached hydrogens (tertiary/aromatic N) is 4. The number of carbonyl (C=O) groups is 3. The molecule has 2 aliphatic heterocycles. The molecule has 2 aliphatic rings. The molecule has 5 aromatic rings. The van der Waals surface area contributed by atoms with Crippen LogP contribution in [0.5, 0.6) is 0 Å². The molecule has 15 heteroatoms. The Morgan fingerprint density at radius 1 is 0.789 bits per heavy atom. The molecule has 3 aromatic carbocycles. The molecule has 0 spiro atoms. The van der Waals surface area contributed by atoms with Gasteiger partial charge < -0.3 is 29.8 Å². The lowest BCUT2D eigenvalue weighted by molar-refractivity contribution is -0.135. The number of hydrogen-bond donors (Lipinski definition) is 3. The Morgan fingerprint density at radius 3 is 2.05 bits per heavy atom. The van der Waals surface area contributed by atoms with E-state index >= 15 is 0 Å². The van der Waals surface area contributed by atoms with E-state index in [0.29, 0.717) is 6.54 Å². The minimum absolute atomic E-state index is 0. The third kappa shape index (κ3) is 10.3. The molecule has 3 amide bonds. The number of benzene rings is 3. The van der Waals surface area contributed by atoms with E-state index in [4.69, 9.17) is 9.72 Å². The largest absolute Gasteiger partial charge is 0.453 e. The first-order valence-corrected chi connectivity index (χ1v) is 18.4. The molecule has 4 heterocycles. The van der Waals surface area contributed by atoms with Gasteiger partial charge in [-0.3, -0.25) is 9.59 Å². The fourth-order valence-electron chi connectivity index (χ4n) is 7.44.